The Morgan fingerprint density at radius 2 is 1.80 bits per heavy atom. The molecule has 0 spiro atoms. The summed E-state index contributed by atoms with van der Waals surface area (Å²) in [5.74, 6) is 1.15. The van der Waals surface area contributed by atoms with Crippen LogP contribution in [-0.2, 0) is 11.3 Å². The van der Waals surface area contributed by atoms with E-state index in [0.717, 1.165) is 21.8 Å². The zero-order chi connectivity index (χ0) is 18.2. The highest BCUT2D eigenvalue weighted by Gasteiger charge is 2.04. The molecule has 0 aliphatic rings. The van der Waals surface area contributed by atoms with Crippen molar-refractivity contribution in [3.8, 4) is 11.1 Å². The maximum absolute atomic E-state index is 5.82. The Kier molecular flexibility index (Phi) is 7.19. The van der Waals surface area contributed by atoms with Crippen molar-refractivity contribution in [1.82, 2.24) is 9.97 Å². The van der Waals surface area contributed by atoms with Crippen molar-refractivity contribution in [3.05, 3.63) is 53.9 Å². The largest absolute Gasteiger partial charge is 0.473 e. The number of benzene rings is 1. The van der Waals surface area contributed by atoms with Gasteiger partial charge in [-0.25, -0.2) is 9.97 Å². The molecule has 0 N–H and O–H groups in total. The molecule has 0 atom stereocenters. The number of aromatic nitrogens is 2. The molecule has 1 aromatic heterocycles. The molecule has 132 valence electrons. The van der Waals surface area contributed by atoms with Crippen molar-refractivity contribution >= 4 is 17.7 Å². The minimum absolute atomic E-state index is 0.486. The molecule has 0 saturated heterocycles. The summed E-state index contributed by atoms with van der Waals surface area (Å²) >= 11 is 1.54. The van der Waals surface area contributed by atoms with Crippen molar-refractivity contribution in [1.29, 1.82) is 0 Å². The van der Waals surface area contributed by atoms with Gasteiger partial charge in [0.25, 0.3) is 0 Å². The lowest BCUT2D eigenvalue weighted by Gasteiger charge is -2.09. The first-order valence-corrected chi connectivity index (χ1v) is 9.49. The van der Waals surface area contributed by atoms with Gasteiger partial charge in [0.2, 0.25) is 5.90 Å². The van der Waals surface area contributed by atoms with E-state index in [9.17, 15) is 0 Å². The molecule has 2 aromatic rings. The van der Waals surface area contributed by atoms with E-state index in [4.69, 9.17) is 4.74 Å². The second-order valence-electron chi connectivity index (χ2n) is 6.05. The standard InChI is InChI=1S/C20H25N3OS/c1-14(2)15(3)10-19(21-4)24-13-16-6-8-17(9-7-16)18-11-22-20(25-5)23-12-18/h6-12,14H,13H2,1-5H3/b15-10+,21-19?. The van der Waals surface area contributed by atoms with Crippen molar-refractivity contribution in [2.24, 2.45) is 10.9 Å². The molecule has 0 bridgehead atoms. The summed E-state index contributed by atoms with van der Waals surface area (Å²) in [5.41, 5.74) is 4.46. The normalized spacial score (nSPS) is 12.6. The van der Waals surface area contributed by atoms with Crippen molar-refractivity contribution in [2.75, 3.05) is 13.3 Å². The third-order valence-corrected chi connectivity index (χ3v) is 4.54. The van der Waals surface area contributed by atoms with Crippen LogP contribution in [0.15, 0.2) is 58.5 Å². The van der Waals surface area contributed by atoms with Crippen molar-refractivity contribution in [3.63, 3.8) is 0 Å². The topological polar surface area (TPSA) is 47.4 Å². The molecule has 4 nitrogen and oxygen atoms in total. The predicted molar refractivity (Wildman–Crippen MR) is 106 cm³/mol. The van der Waals surface area contributed by atoms with Gasteiger partial charge in [0.15, 0.2) is 5.16 Å². The minimum Gasteiger partial charge on any atom is -0.473 e. The molecule has 0 aliphatic carbocycles. The summed E-state index contributed by atoms with van der Waals surface area (Å²) in [6, 6.07) is 8.25. The maximum atomic E-state index is 5.82. The van der Waals surface area contributed by atoms with E-state index in [0.29, 0.717) is 18.4 Å². The summed E-state index contributed by atoms with van der Waals surface area (Å²) in [6.07, 6.45) is 7.68. The van der Waals surface area contributed by atoms with Gasteiger partial charge >= 0.3 is 0 Å². The van der Waals surface area contributed by atoms with E-state index in [-0.39, 0.29) is 0 Å². The van der Waals surface area contributed by atoms with Crippen LogP contribution in [-0.4, -0.2) is 29.2 Å². The number of rotatable bonds is 6. The monoisotopic (exact) mass is 355 g/mol. The van der Waals surface area contributed by atoms with Gasteiger partial charge in [0.05, 0.1) is 0 Å². The van der Waals surface area contributed by atoms with Gasteiger partial charge in [-0.05, 0) is 36.3 Å². The van der Waals surface area contributed by atoms with E-state index in [1.807, 2.05) is 24.7 Å². The van der Waals surface area contributed by atoms with Gasteiger partial charge in [-0.2, -0.15) is 0 Å². The van der Waals surface area contributed by atoms with Gasteiger partial charge in [-0.3, -0.25) is 4.99 Å². The van der Waals surface area contributed by atoms with Crippen LogP contribution in [0.25, 0.3) is 11.1 Å². The van der Waals surface area contributed by atoms with E-state index < -0.39 is 0 Å². The third kappa shape index (κ3) is 5.71. The highest BCUT2D eigenvalue weighted by atomic mass is 32.2. The zero-order valence-corrected chi connectivity index (χ0v) is 16.3. The van der Waals surface area contributed by atoms with Crippen molar-refractivity contribution < 1.29 is 4.74 Å². The Morgan fingerprint density at radius 1 is 1.16 bits per heavy atom. The molecule has 0 unspecified atom stereocenters. The van der Waals surface area contributed by atoms with E-state index >= 15 is 0 Å². The Balaban J connectivity index is 2.01. The number of nitrogens with zero attached hydrogens (tertiary/aromatic N) is 3. The number of thioether (sulfide) groups is 1. The smallest absolute Gasteiger partial charge is 0.208 e. The minimum atomic E-state index is 0.486. The Hall–Kier alpha value is -2.14. The number of aliphatic imine (C=N–C) groups is 1. The van der Waals surface area contributed by atoms with Crippen LogP contribution in [0.3, 0.4) is 0 Å². The molecule has 0 aliphatic heterocycles. The van der Waals surface area contributed by atoms with E-state index in [1.54, 1.807) is 7.05 Å². The van der Waals surface area contributed by atoms with Crippen LogP contribution in [0.5, 0.6) is 0 Å². The lowest BCUT2D eigenvalue weighted by molar-refractivity contribution is 0.294. The molecule has 0 radical (unpaired) electrons. The third-order valence-electron chi connectivity index (χ3n) is 3.97. The fourth-order valence-corrected chi connectivity index (χ4v) is 2.37. The molecular weight excluding hydrogens is 330 g/mol. The van der Waals surface area contributed by atoms with E-state index in [2.05, 4.69) is 60.0 Å². The first-order chi connectivity index (χ1) is 12.0. The molecular formula is C20H25N3OS. The quantitative estimate of drug-likeness (QED) is 0.316. The molecule has 25 heavy (non-hydrogen) atoms. The average Bonchev–Trinajstić information content (AvgIpc) is 2.65. The summed E-state index contributed by atoms with van der Waals surface area (Å²) < 4.78 is 5.82. The van der Waals surface area contributed by atoms with Crippen LogP contribution in [0.2, 0.25) is 0 Å². The highest BCUT2D eigenvalue weighted by molar-refractivity contribution is 7.98. The number of ether oxygens (including phenoxy) is 1. The second-order valence-corrected chi connectivity index (χ2v) is 6.82. The fraction of sp³-hybridized carbons (Fsp3) is 0.350. The number of hydrogen-bond donors (Lipinski definition) is 0. The summed E-state index contributed by atoms with van der Waals surface area (Å²) in [6.45, 7) is 6.91. The van der Waals surface area contributed by atoms with Gasteiger partial charge < -0.3 is 4.74 Å². The van der Waals surface area contributed by atoms with Crippen LogP contribution >= 0.6 is 11.8 Å². The molecule has 1 heterocycles. The lowest BCUT2D eigenvalue weighted by Crippen LogP contribution is -2.04. The van der Waals surface area contributed by atoms with Gasteiger partial charge in [-0.1, -0.05) is 55.4 Å². The highest BCUT2D eigenvalue weighted by Crippen LogP contribution is 2.20. The summed E-state index contributed by atoms with van der Waals surface area (Å²) in [7, 11) is 1.75. The fourth-order valence-electron chi connectivity index (χ4n) is 2.05. The van der Waals surface area contributed by atoms with Crippen LogP contribution in [0, 0.1) is 5.92 Å². The van der Waals surface area contributed by atoms with Crippen LogP contribution < -0.4 is 0 Å². The Labute approximate surface area is 154 Å². The molecule has 5 heteroatoms. The number of allylic oxidation sites excluding steroid dienone is 1. The van der Waals surface area contributed by atoms with E-state index in [1.165, 1.54) is 17.3 Å². The average molecular weight is 356 g/mol. The SMILES string of the molecule is CN=C(/C=C(\C)C(C)C)OCc1ccc(-c2cnc(SC)nc2)cc1. The number of hydrogen-bond acceptors (Lipinski definition) is 5. The molecule has 2 rings (SSSR count). The first kappa shape index (κ1) is 19.2. The summed E-state index contributed by atoms with van der Waals surface area (Å²) in [4.78, 5) is 12.8. The predicted octanol–water partition coefficient (Wildman–Crippen LogP) is 5.01. The molecule has 0 saturated carbocycles. The Morgan fingerprint density at radius 3 is 2.32 bits per heavy atom. The molecule has 0 amide bonds. The van der Waals surface area contributed by atoms with Gasteiger partial charge in [0, 0.05) is 25.0 Å². The first-order valence-electron chi connectivity index (χ1n) is 8.26. The van der Waals surface area contributed by atoms with Crippen LogP contribution in [0.4, 0.5) is 0 Å². The zero-order valence-electron chi connectivity index (χ0n) is 15.5. The lowest BCUT2D eigenvalue weighted by atomic mass is 10.1. The summed E-state index contributed by atoms with van der Waals surface area (Å²) in [5, 5.41) is 0.782. The van der Waals surface area contributed by atoms with Gasteiger partial charge in [0.1, 0.15) is 6.61 Å². The van der Waals surface area contributed by atoms with Crippen LogP contribution in [0.1, 0.15) is 26.3 Å². The second kappa shape index (κ2) is 9.37. The maximum Gasteiger partial charge on any atom is 0.208 e. The van der Waals surface area contributed by atoms with Crippen molar-refractivity contribution in [2.45, 2.75) is 32.5 Å². The molecule has 0 fully saturated rings. The Bertz CT molecular complexity index is 735. The molecule has 1 aromatic carbocycles. The van der Waals surface area contributed by atoms with Gasteiger partial charge in [-0.15, -0.1) is 0 Å².